The van der Waals surface area contributed by atoms with Crippen LogP contribution in [-0.2, 0) is 24.4 Å². The molecule has 2 N–H and O–H groups in total. The van der Waals surface area contributed by atoms with Gasteiger partial charge in [0.25, 0.3) is 0 Å². The standard InChI is InChI=1S/C21H24N2OS/c24-20(23-13-16-8-9-17-14-22-15-18(17)12-16)21(10-4-5-11-21)25-19-6-2-1-3-7-19/h1-3,6-9,12,22H,4-5,10-11,13-15H2,(H,23,24). The molecule has 0 spiro atoms. The first-order valence-corrected chi connectivity index (χ1v) is 9.91. The van der Waals surface area contributed by atoms with Crippen LogP contribution in [0.15, 0.2) is 53.4 Å². The second kappa shape index (κ2) is 7.22. The van der Waals surface area contributed by atoms with Crippen LogP contribution in [0.5, 0.6) is 0 Å². The average molecular weight is 353 g/mol. The van der Waals surface area contributed by atoms with E-state index in [1.165, 1.54) is 21.6 Å². The fourth-order valence-electron chi connectivity index (χ4n) is 3.84. The van der Waals surface area contributed by atoms with E-state index in [0.717, 1.165) is 38.8 Å². The van der Waals surface area contributed by atoms with Crippen LogP contribution in [0.3, 0.4) is 0 Å². The molecule has 2 aromatic carbocycles. The maximum absolute atomic E-state index is 13.0. The summed E-state index contributed by atoms with van der Waals surface area (Å²) in [5.74, 6) is 0.192. The molecule has 1 saturated carbocycles. The summed E-state index contributed by atoms with van der Waals surface area (Å²) in [5.41, 5.74) is 3.93. The lowest BCUT2D eigenvalue weighted by Gasteiger charge is -2.27. The molecule has 25 heavy (non-hydrogen) atoms. The van der Waals surface area contributed by atoms with Gasteiger partial charge in [0.2, 0.25) is 5.91 Å². The lowest BCUT2D eigenvalue weighted by Crippen LogP contribution is -2.41. The Labute approximate surface area is 153 Å². The van der Waals surface area contributed by atoms with Crippen LogP contribution in [0.2, 0.25) is 0 Å². The van der Waals surface area contributed by atoms with Crippen LogP contribution in [0.25, 0.3) is 0 Å². The molecule has 1 heterocycles. The molecule has 2 aliphatic rings. The molecule has 2 aromatic rings. The quantitative estimate of drug-likeness (QED) is 0.854. The third kappa shape index (κ3) is 3.60. The van der Waals surface area contributed by atoms with Crippen molar-refractivity contribution < 1.29 is 4.79 Å². The summed E-state index contributed by atoms with van der Waals surface area (Å²) >= 11 is 1.74. The minimum absolute atomic E-state index is 0.192. The Morgan fingerprint density at radius 1 is 1.04 bits per heavy atom. The van der Waals surface area contributed by atoms with Gasteiger partial charge in [-0.3, -0.25) is 4.79 Å². The topological polar surface area (TPSA) is 41.1 Å². The van der Waals surface area contributed by atoms with Crippen LogP contribution in [0.1, 0.15) is 42.4 Å². The van der Waals surface area contributed by atoms with Gasteiger partial charge >= 0.3 is 0 Å². The van der Waals surface area contributed by atoms with Crippen LogP contribution in [-0.4, -0.2) is 10.7 Å². The van der Waals surface area contributed by atoms with E-state index in [1.807, 2.05) is 18.2 Å². The number of carbonyl (C=O) groups is 1. The molecular formula is C21H24N2OS. The predicted molar refractivity (Wildman–Crippen MR) is 102 cm³/mol. The van der Waals surface area contributed by atoms with Gasteiger partial charge in [-0.25, -0.2) is 0 Å². The van der Waals surface area contributed by atoms with Gasteiger partial charge in [-0.05, 0) is 41.7 Å². The second-order valence-corrected chi connectivity index (χ2v) is 8.46. The number of fused-ring (bicyclic) bond motifs is 1. The Kier molecular flexibility index (Phi) is 4.82. The SMILES string of the molecule is O=C(NCc1ccc2c(c1)CNC2)C1(Sc2ccccc2)CCCC1. The monoisotopic (exact) mass is 352 g/mol. The summed E-state index contributed by atoms with van der Waals surface area (Å²) in [5, 5.41) is 6.58. The number of benzene rings is 2. The molecule has 1 aliphatic carbocycles. The summed E-state index contributed by atoms with van der Waals surface area (Å²) in [4.78, 5) is 14.2. The number of carbonyl (C=O) groups excluding carboxylic acids is 1. The van der Waals surface area contributed by atoms with Gasteiger partial charge in [0.1, 0.15) is 0 Å². The zero-order valence-corrected chi connectivity index (χ0v) is 15.2. The van der Waals surface area contributed by atoms with E-state index in [-0.39, 0.29) is 10.7 Å². The third-order valence-corrected chi connectivity index (χ3v) is 6.73. The lowest BCUT2D eigenvalue weighted by molar-refractivity contribution is -0.123. The molecule has 0 radical (unpaired) electrons. The Morgan fingerprint density at radius 3 is 2.60 bits per heavy atom. The van der Waals surface area contributed by atoms with Crippen molar-refractivity contribution in [1.82, 2.24) is 10.6 Å². The van der Waals surface area contributed by atoms with Crippen molar-refractivity contribution in [2.75, 3.05) is 0 Å². The van der Waals surface area contributed by atoms with Crippen molar-refractivity contribution in [2.45, 2.75) is 55.0 Å². The van der Waals surface area contributed by atoms with E-state index in [1.54, 1.807) is 11.8 Å². The summed E-state index contributed by atoms with van der Waals surface area (Å²) in [6.07, 6.45) is 4.20. The molecule has 4 rings (SSSR count). The molecule has 3 nitrogen and oxygen atoms in total. The summed E-state index contributed by atoms with van der Waals surface area (Å²) in [6.45, 7) is 2.51. The van der Waals surface area contributed by atoms with E-state index in [9.17, 15) is 4.79 Å². The first kappa shape index (κ1) is 16.7. The maximum Gasteiger partial charge on any atom is 0.236 e. The van der Waals surface area contributed by atoms with E-state index < -0.39 is 0 Å². The van der Waals surface area contributed by atoms with Gasteiger partial charge in [-0.1, -0.05) is 49.2 Å². The highest BCUT2D eigenvalue weighted by atomic mass is 32.2. The van der Waals surface area contributed by atoms with Gasteiger partial charge in [-0.2, -0.15) is 0 Å². The normalized spacial score (nSPS) is 18.1. The Morgan fingerprint density at radius 2 is 1.80 bits per heavy atom. The molecule has 0 unspecified atom stereocenters. The highest BCUT2D eigenvalue weighted by molar-refractivity contribution is 8.01. The molecule has 0 saturated heterocycles. The lowest BCUT2D eigenvalue weighted by atomic mass is 10.0. The molecule has 4 heteroatoms. The highest BCUT2D eigenvalue weighted by Gasteiger charge is 2.42. The fraction of sp³-hybridized carbons (Fsp3) is 0.381. The van der Waals surface area contributed by atoms with Crippen molar-refractivity contribution in [1.29, 1.82) is 0 Å². The first-order valence-electron chi connectivity index (χ1n) is 9.09. The predicted octanol–water partition coefficient (Wildman–Crippen LogP) is 4.01. The maximum atomic E-state index is 13.0. The Balaban J connectivity index is 1.44. The molecule has 1 fully saturated rings. The number of amides is 1. The highest BCUT2D eigenvalue weighted by Crippen LogP contribution is 2.45. The minimum Gasteiger partial charge on any atom is -0.351 e. The molecule has 130 valence electrons. The van der Waals surface area contributed by atoms with Crippen LogP contribution in [0.4, 0.5) is 0 Å². The van der Waals surface area contributed by atoms with Crippen LogP contribution in [0, 0.1) is 0 Å². The summed E-state index contributed by atoms with van der Waals surface area (Å²) in [6, 6.07) is 16.9. The molecule has 1 amide bonds. The van der Waals surface area contributed by atoms with Gasteiger partial charge in [-0.15, -0.1) is 11.8 Å². The zero-order chi connectivity index (χ0) is 17.1. The Hall–Kier alpha value is -1.78. The van der Waals surface area contributed by atoms with E-state index in [2.05, 4.69) is 41.0 Å². The van der Waals surface area contributed by atoms with Gasteiger partial charge in [0.05, 0.1) is 4.75 Å². The second-order valence-electron chi connectivity index (χ2n) is 7.01. The number of hydrogen-bond acceptors (Lipinski definition) is 3. The number of rotatable bonds is 5. The van der Waals surface area contributed by atoms with E-state index >= 15 is 0 Å². The van der Waals surface area contributed by atoms with Gasteiger partial charge in [0.15, 0.2) is 0 Å². The van der Waals surface area contributed by atoms with Crippen LogP contribution >= 0.6 is 11.8 Å². The molecule has 1 aliphatic heterocycles. The number of hydrogen-bond donors (Lipinski definition) is 2. The third-order valence-electron chi connectivity index (χ3n) is 5.24. The van der Waals surface area contributed by atoms with Crippen molar-refractivity contribution >= 4 is 17.7 Å². The molecule has 0 atom stereocenters. The van der Waals surface area contributed by atoms with E-state index in [4.69, 9.17) is 0 Å². The average Bonchev–Trinajstić information content (AvgIpc) is 3.30. The van der Waals surface area contributed by atoms with Crippen molar-refractivity contribution in [3.63, 3.8) is 0 Å². The fourth-order valence-corrected chi connectivity index (χ4v) is 5.24. The molecular weight excluding hydrogens is 328 g/mol. The van der Waals surface area contributed by atoms with Gasteiger partial charge < -0.3 is 10.6 Å². The summed E-state index contributed by atoms with van der Waals surface area (Å²) in [7, 11) is 0. The van der Waals surface area contributed by atoms with Crippen molar-refractivity contribution in [3.05, 3.63) is 65.2 Å². The first-order chi connectivity index (χ1) is 12.3. The van der Waals surface area contributed by atoms with Gasteiger partial charge in [0, 0.05) is 24.5 Å². The smallest absolute Gasteiger partial charge is 0.236 e. The number of nitrogens with one attached hydrogen (secondary N) is 2. The minimum atomic E-state index is -0.306. The van der Waals surface area contributed by atoms with Crippen molar-refractivity contribution in [3.8, 4) is 0 Å². The van der Waals surface area contributed by atoms with E-state index in [0.29, 0.717) is 6.54 Å². The van der Waals surface area contributed by atoms with Crippen LogP contribution < -0.4 is 10.6 Å². The Bertz CT molecular complexity index is 754. The summed E-state index contributed by atoms with van der Waals surface area (Å²) < 4.78 is -0.306. The molecule has 0 aromatic heterocycles. The van der Waals surface area contributed by atoms with Crippen molar-refractivity contribution in [2.24, 2.45) is 0 Å². The zero-order valence-electron chi connectivity index (χ0n) is 14.4. The molecule has 0 bridgehead atoms. The largest absolute Gasteiger partial charge is 0.351 e. The number of thioether (sulfide) groups is 1.